The van der Waals surface area contributed by atoms with Crippen molar-refractivity contribution in [1.29, 1.82) is 0 Å². The van der Waals surface area contributed by atoms with Gasteiger partial charge in [-0.05, 0) is 26.7 Å². The lowest BCUT2D eigenvalue weighted by molar-refractivity contribution is -0.192. The number of aliphatic carboxylic acids is 1. The summed E-state index contributed by atoms with van der Waals surface area (Å²) in [6, 6.07) is -0.594. The third-order valence-corrected chi connectivity index (χ3v) is 4.98. The van der Waals surface area contributed by atoms with Crippen LogP contribution in [-0.4, -0.2) is 52.2 Å². The number of hydrogen-bond donors (Lipinski definition) is 3. The maximum absolute atomic E-state index is 13.0. The van der Waals surface area contributed by atoms with Gasteiger partial charge in [-0.2, -0.15) is 13.2 Å². The first-order valence-electron chi connectivity index (χ1n) is 7.43. The van der Waals surface area contributed by atoms with Crippen molar-refractivity contribution in [2.75, 3.05) is 6.54 Å². The number of halogens is 3. The van der Waals surface area contributed by atoms with E-state index in [4.69, 9.17) is 16.9 Å². The number of rotatable bonds is 10. The molecule has 2 unspecified atom stereocenters. The van der Waals surface area contributed by atoms with Gasteiger partial charge < -0.3 is 5.11 Å². The van der Waals surface area contributed by atoms with Crippen molar-refractivity contribution in [2.45, 2.75) is 64.3 Å². The van der Waals surface area contributed by atoms with Crippen LogP contribution in [0.3, 0.4) is 0 Å². The molecule has 0 rings (SSSR count). The molecule has 0 spiro atoms. The van der Waals surface area contributed by atoms with Gasteiger partial charge in [-0.1, -0.05) is 25.7 Å². The molecule has 0 bridgehead atoms. The van der Waals surface area contributed by atoms with Crippen molar-refractivity contribution in [2.24, 2.45) is 0 Å². The van der Waals surface area contributed by atoms with Crippen molar-refractivity contribution < 1.29 is 27.9 Å². The molecule has 2 atom stereocenters. The lowest BCUT2D eigenvalue weighted by atomic mass is 10.2. The first kappa shape index (κ1) is 23.2. The fourth-order valence-corrected chi connectivity index (χ4v) is 3.23. The van der Waals surface area contributed by atoms with Gasteiger partial charge in [0.1, 0.15) is 6.54 Å². The van der Waals surface area contributed by atoms with E-state index in [1.165, 1.54) is 0 Å². The molecule has 0 aliphatic carbocycles. The highest BCUT2D eigenvalue weighted by Crippen LogP contribution is 2.30. The second kappa shape index (κ2) is 9.60. The monoisotopic (exact) mass is 389 g/mol. The predicted molar refractivity (Wildman–Crippen MR) is 88.2 cm³/mol. The fourth-order valence-electron chi connectivity index (χ4n) is 1.81. The zero-order valence-electron chi connectivity index (χ0n) is 14.0. The van der Waals surface area contributed by atoms with Gasteiger partial charge in [0.25, 0.3) is 0 Å². The molecule has 6 nitrogen and oxygen atoms in total. The van der Waals surface area contributed by atoms with Crippen LogP contribution in [0.25, 0.3) is 0 Å². The number of hydrogen-bond acceptors (Lipinski definition) is 5. The Balaban J connectivity index is 6.06. The van der Waals surface area contributed by atoms with E-state index in [0.29, 0.717) is 12.8 Å². The standard InChI is InChI=1S/C13H23F3N3O3PS/c1-5-8(3)17-13(23-24,18-9(4)6-2)19(7-10(20)21)11(22)12(14,15)16/h8-9,17-18H,5-7H2,1-4H3,(H,20,21). The van der Waals surface area contributed by atoms with Crippen LogP contribution in [0.4, 0.5) is 13.2 Å². The second-order valence-electron chi connectivity index (χ2n) is 5.45. The zero-order valence-corrected chi connectivity index (χ0v) is 15.7. The minimum absolute atomic E-state index is 0.0662. The number of nitrogens with zero attached hydrogens (tertiary/aromatic N) is 1. The fraction of sp³-hybridized carbons (Fsp3) is 0.846. The third-order valence-electron chi connectivity index (χ3n) is 3.42. The van der Waals surface area contributed by atoms with Crippen LogP contribution in [0.2, 0.25) is 0 Å². The lowest BCUT2D eigenvalue weighted by Gasteiger charge is -2.44. The maximum atomic E-state index is 13.0. The Labute approximate surface area is 146 Å². The van der Waals surface area contributed by atoms with Gasteiger partial charge in [0.05, 0.1) is 0 Å². The Morgan fingerprint density at radius 1 is 1.17 bits per heavy atom. The average molecular weight is 389 g/mol. The zero-order chi connectivity index (χ0) is 19.1. The van der Waals surface area contributed by atoms with Crippen LogP contribution in [0.15, 0.2) is 0 Å². The van der Waals surface area contributed by atoms with Crippen LogP contribution in [-0.2, 0) is 21.4 Å². The quantitative estimate of drug-likeness (QED) is 0.393. The van der Waals surface area contributed by atoms with Gasteiger partial charge in [-0.25, -0.2) is 0 Å². The molecule has 0 aromatic rings. The number of nitrogens with one attached hydrogen (secondary N) is 2. The summed E-state index contributed by atoms with van der Waals surface area (Å²) >= 11 is 4.98. The third kappa shape index (κ3) is 6.58. The van der Waals surface area contributed by atoms with E-state index >= 15 is 0 Å². The molecule has 140 valence electrons. The Morgan fingerprint density at radius 3 is 1.83 bits per heavy atom. The Hall–Kier alpha value is -0.830. The Kier molecular flexibility index (Phi) is 9.27. The highest BCUT2D eigenvalue weighted by molar-refractivity contribution is 7.97. The summed E-state index contributed by atoms with van der Waals surface area (Å²) in [4.78, 5) is 23.1. The van der Waals surface area contributed by atoms with E-state index in [-0.39, 0.29) is 24.3 Å². The second-order valence-corrected chi connectivity index (χ2v) is 6.83. The normalized spacial score (nSPS) is 17.1. The van der Waals surface area contributed by atoms with E-state index in [2.05, 4.69) is 10.6 Å². The summed E-state index contributed by atoms with van der Waals surface area (Å²) < 4.78 is 38.9. The summed E-state index contributed by atoms with van der Waals surface area (Å²) in [7, 11) is -0.0662. The molecule has 0 fully saturated rings. The molecule has 24 heavy (non-hydrogen) atoms. The van der Waals surface area contributed by atoms with Crippen LogP contribution in [0.1, 0.15) is 40.5 Å². The van der Waals surface area contributed by atoms with Crippen molar-refractivity contribution in [1.82, 2.24) is 15.5 Å². The van der Waals surface area contributed by atoms with Gasteiger partial charge >= 0.3 is 18.1 Å². The van der Waals surface area contributed by atoms with Gasteiger partial charge in [-0.15, -0.1) is 0 Å². The van der Waals surface area contributed by atoms with Crippen LogP contribution < -0.4 is 10.6 Å². The minimum Gasteiger partial charge on any atom is -0.480 e. The molecule has 0 heterocycles. The molecule has 0 aromatic carbocycles. The van der Waals surface area contributed by atoms with Gasteiger partial charge in [0, 0.05) is 19.4 Å². The number of carbonyl (C=O) groups excluding carboxylic acids is 1. The van der Waals surface area contributed by atoms with Crippen LogP contribution in [0.5, 0.6) is 0 Å². The summed E-state index contributed by atoms with van der Waals surface area (Å²) in [5.74, 6) is -3.82. The molecule has 0 aromatic heterocycles. The predicted octanol–water partition coefficient (Wildman–Crippen LogP) is 2.26. The average Bonchev–Trinajstić information content (AvgIpc) is 2.49. The first-order valence-corrected chi connectivity index (χ1v) is 9.34. The summed E-state index contributed by atoms with van der Waals surface area (Å²) in [6.45, 7) is 5.90. The number of amides is 1. The Bertz CT molecular complexity index is 453. The first-order chi connectivity index (χ1) is 10.9. The number of carbonyl (C=O) groups is 2. The van der Waals surface area contributed by atoms with Gasteiger partial charge in [0.15, 0.2) is 0 Å². The number of alkyl halides is 3. The molecule has 0 saturated carbocycles. The number of carboxylic acid groups (broad SMARTS) is 1. The molecule has 11 heteroatoms. The van der Waals surface area contributed by atoms with Crippen molar-refractivity contribution in [3.05, 3.63) is 0 Å². The number of carboxylic acids is 1. The van der Waals surface area contributed by atoms with Crippen molar-refractivity contribution in [3.8, 4) is 0 Å². The van der Waals surface area contributed by atoms with Crippen LogP contribution in [0, 0.1) is 0 Å². The molecule has 3 N–H and O–H groups in total. The molecular weight excluding hydrogens is 366 g/mol. The summed E-state index contributed by atoms with van der Waals surface area (Å²) in [5, 5.41) is 14.7. The molecule has 0 aliphatic heterocycles. The smallest absolute Gasteiger partial charge is 0.471 e. The van der Waals surface area contributed by atoms with E-state index < -0.39 is 30.1 Å². The minimum atomic E-state index is -5.21. The largest absolute Gasteiger partial charge is 0.480 e. The highest BCUT2D eigenvalue weighted by Gasteiger charge is 2.51. The Morgan fingerprint density at radius 2 is 1.58 bits per heavy atom. The molecule has 1 amide bonds. The SMILES string of the molecule is CCC(C)NC(NC(C)CC)(P=S)N(CC(=O)O)C(=O)C(F)(F)F. The van der Waals surface area contributed by atoms with Crippen molar-refractivity contribution >= 4 is 31.0 Å². The van der Waals surface area contributed by atoms with E-state index in [0.717, 1.165) is 0 Å². The summed E-state index contributed by atoms with van der Waals surface area (Å²) in [5.41, 5.74) is -1.81. The van der Waals surface area contributed by atoms with Crippen LogP contribution >= 0.6 is 7.36 Å². The lowest BCUT2D eigenvalue weighted by Crippen LogP contribution is -2.71. The maximum Gasteiger partial charge on any atom is 0.471 e. The van der Waals surface area contributed by atoms with E-state index in [9.17, 15) is 22.8 Å². The molecule has 0 radical (unpaired) electrons. The van der Waals surface area contributed by atoms with Gasteiger partial charge in [0.2, 0.25) is 5.53 Å². The molecule has 0 aliphatic rings. The van der Waals surface area contributed by atoms with E-state index in [1.807, 2.05) is 0 Å². The van der Waals surface area contributed by atoms with Gasteiger partial charge in [-0.3, -0.25) is 25.1 Å². The molecular formula is C13H23F3N3O3PS. The highest BCUT2D eigenvalue weighted by atomic mass is 32.4. The topological polar surface area (TPSA) is 81.7 Å². The van der Waals surface area contributed by atoms with Crippen molar-refractivity contribution in [3.63, 3.8) is 0 Å². The molecule has 0 saturated heterocycles. The van der Waals surface area contributed by atoms with E-state index in [1.54, 1.807) is 27.7 Å². The summed E-state index contributed by atoms with van der Waals surface area (Å²) in [6.07, 6.45) is -4.11.